The average molecular weight is 377 g/mol. The SMILES string of the molecule is Cc1cc(=O)[nH]c(NCCNC(=O)[C@@]2(C)CC[C@@H](C(=O)N(C)C)C2(C)C)n1. The van der Waals surface area contributed by atoms with Crippen molar-refractivity contribution in [1.82, 2.24) is 20.2 Å². The Morgan fingerprint density at radius 3 is 2.56 bits per heavy atom. The molecular weight excluding hydrogens is 346 g/mol. The van der Waals surface area contributed by atoms with Gasteiger partial charge in [0.05, 0.1) is 5.41 Å². The van der Waals surface area contributed by atoms with E-state index in [9.17, 15) is 14.4 Å². The summed E-state index contributed by atoms with van der Waals surface area (Å²) in [5.74, 6) is 0.253. The number of amides is 2. The number of anilines is 1. The lowest BCUT2D eigenvalue weighted by atomic mass is 9.65. The van der Waals surface area contributed by atoms with Crippen LogP contribution in [0.15, 0.2) is 10.9 Å². The second kappa shape index (κ2) is 7.70. The third-order valence-electron chi connectivity index (χ3n) is 6.04. The molecule has 27 heavy (non-hydrogen) atoms. The van der Waals surface area contributed by atoms with Crippen LogP contribution in [0.1, 0.15) is 39.3 Å². The van der Waals surface area contributed by atoms with E-state index >= 15 is 0 Å². The van der Waals surface area contributed by atoms with Gasteiger partial charge < -0.3 is 15.5 Å². The van der Waals surface area contributed by atoms with Crippen molar-refractivity contribution in [3.05, 3.63) is 22.1 Å². The van der Waals surface area contributed by atoms with Crippen molar-refractivity contribution in [2.45, 2.75) is 40.5 Å². The number of carbonyl (C=O) groups excluding carboxylic acids is 2. The maximum Gasteiger partial charge on any atom is 0.252 e. The molecule has 0 unspecified atom stereocenters. The first kappa shape index (κ1) is 20.9. The highest BCUT2D eigenvalue weighted by atomic mass is 16.2. The predicted octanol–water partition coefficient (Wildman–Crippen LogP) is 1.14. The maximum atomic E-state index is 12.9. The first-order valence-corrected chi connectivity index (χ1v) is 9.30. The molecule has 2 rings (SSSR count). The Kier molecular flexibility index (Phi) is 5.97. The molecule has 1 fully saturated rings. The van der Waals surface area contributed by atoms with E-state index in [0.717, 1.165) is 0 Å². The van der Waals surface area contributed by atoms with Gasteiger partial charge in [-0.3, -0.25) is 19.4 Å². The zero-order valence-corrected chi connectivity index (χ0v) is 17.1. The molecule has 0 aliphatic heterocycles. The lowest BCUT2D eigenvalue weighted by Crippen LogP contribution is -2.50. The minimum absolute atomic E-state index is 0.0472. The molecule has 0 bridgehead atoms. The summed E-state index contributed by atoms with van der Waals surface area (Å²) in [6, 6.07) is 1.42. The predicted molar refractivity (Wildman–Crippen MR) is 104 cm³/mol. The van der Waals surface area contributed by atoms with Gasteiger partial charge in [-0.15, -0.1) is 0 Å². The molecule has 1 saturated carbocycles. The molecule has 0 saturated heterocycles. The molecule has 1 aromatic heterocycles. The highest BCUT2D eigenvalue weighted by Crippen LogP contribution is 2.56. The van der Waals surface area contributed by atoms with Crippen molar-refractivity contribution < 1.29 is 9.59 Å². The number of rotatable bonds is 6. The van der Waals surface area contributed by atoms with Gasteiger partial charge in [0.25, 0.3) is 5.56 Å². The Bertz CT molecular complexity index is 771. The van der Waals surface area contributed by atoms with E-state index < -0.39 is 10.8 Å². The van der Waals surface area contributed by atoms with E-state index in [1.54, 1.807) is 25.9 Å². The van der Waals surface area contributed by atoms with Crippen LogP contribution in [-0.2, 0) is 9.59 Å². The lowest BCUT2D eigenvalue weighted by molar-refractivity contribution is -0.142. The Morgan fingerprint density at radius 1 is 1.30 bits per heavy atom. The van der Waals surface area contributed by atoms with Crippen LogP contribution in [0.2, 0.25) is 0 Å². The Hall–Kier alpha value is -2.38. The van der Waals surface area contributed by atoms with Crippen LogP contribution < -0.4 is 16.2 Å². The van der Waals surface area contributed by atoms with Gasteiger partial charge in [0, 0.05) is 44.9 Å². The Labute approximate surface area is 160 Å². The summed E-state index contributed by atoms with van der Waals surface area (Å²) < 4.78 is 0. The number of aromatic amines is 1. The summed E-state index contributed by atoms with van der Waals surface area (Å²) in [5, 5.41) is 5.97. The normalized spacial score (nSPS) is 23.7. The minimum atomic E-state index is -0.612. The van der Waals surface area contributed by atoms with Gasteiger partial charge in [0.2, 0.25) is 17.8 Å². The largest absolute Gasteiger partial charge is 0.354 e. The number of hydrogen-bond donors (Lipinski definition) is 3. The Morgan fingerprint density at radius 2 is 1.96 bits per heavy atom. The molecule has 1 aliphatic carbocycles. The third kappa shape index (κ3) is 4.14. The van der Waals surface area contributed by atoms with E-state index in [1.807, 2.05) is 20.8 Å². The van der Waals surface area contributed by atoms with Crippen LogP contribution in [0.25, 0.3) is 0 Å². The summed E-state index contributed by atoms with van der Waals surface area (Å²) >= 11 is 0. The molecule has 1 heterocycles. The van der Waals surface area contributed by atoms with Gasteiger partial charge in [-0.05, 0) is 25.2 Å². The average Bonchev–Trinajstić information content (AvgIpc) is 2.80. The summed E-state index contributed by atoms with van der Waals surface area (Å²) in [4.78, 5) is 45.2. The number of aryl methyl sites for hydroxylation is 1. The number of hydrogen-bond acceptors (Lipinski definition) is 5. The molecule has 1 aromatic rings. The minimum Gasteiger partial charge on any atom is -0.354 e. The molecule has 8 heteroatoms. The van der Waals surface area contributed by atoms with Gasteiger partial charge in [-0.1, -0.05) is 20.8 Å². The number of carbonyl (C=O) groups is 2. The van der Waals surface area contributed by atoms with Crippen molar-refractivity contribution in [2.24, 2.45) is 16.7 Å². The van der Waals surface area contributed by atoms with Gasteiger partial charge >= 0.3 is 0 Å². The second-order valence-corrected chi connectivity index (χ2v) is 8.30. The van der Waals surface area contributed by atoms with Crippen molar-refractivity contribution in [3.63, 3.8) is 0 Å². The van der Waals surface area contributed by atoms with Crippen molar-refractivity contribution in [2.75, 3.05) is 32.5 Å². The van der Waals surface area contributed by atoms with E-state index in [1.165, 1.54) is 6.07 Å². The molecular formula is C19H31N5O3. The number of nitrogens with zero attached hydrogens (tertiary/aromatic N) is 2. The van der Waals surface area contributed by atoms with Crippen molar-refractivity contribution in [3.8, 4) is 0 Å². The van der Waals surface area contributed by atoms with E-state index in [-0.39, 0.29) is 23.3 Å². The fourth-order valence-corrected chi connectivity index (χ4v) is 3.87. The molecule has 8 nitrogen and oxygen atoms in total. The third-order valence-corrected chi connectivity index (χ3v) is 6.04. The molecule has 0 spiro atoms. The topological polar surface area (TPSA) is 107 Å². The van der Waals surface area contributed by atoms with Crippen LogP contribution in [0.5, 0.6) is 0 Å². The fourth-order valence-electron chi connectivity index (χ4n) is 3.87. The van der Waals surface area contributed by atoms with Gasteiger partial charge in [-0.25, -0.2) is 4.98 Å². The lowest BCUT2D eigenvalue weighted by Gasteiger charge is -2.40. The molecule has 0 aromatic carbocycles. The standard InChI is InChI=1S/C19H31N5O3/c1-12-11-14(25)23-17(22-12)21-10-9-20-16(27)19(4)8-7-13(18(19,2)3)15(26)24(5)6/h11,13H,7-10H2,1-6H3,(H,20,27)(H2,21,22,23,25)/t13-,19+/m0/s1. The van der Waals surface area contributed by atoms with E-state index in [0.29, 0.717) is 37.6 Å². The van der Waals surface area contributed by atoms with Crippen LogP contribution in [0.4, 0.5) is 5.95 Å². The van der Waals surface area contributed by atoms with Gasteiger partial charge in [0.15, 0.2) is 0 Å². The maximum absolute atomic E-state index is 12.9. The zero-order chi connectivity index (χ0) is 20.4. The summed E-state index contributed by atoms with van der Waals surface area (Å²) in [6.45, 7) is 8.54. The first-order valence-electron chi connectivity index (χ1n) is 9.30. The summed E-state index contributed by atoms with van der Waals surface area (Å²) in [5.41, 5.74) is -0.637. The molecule has 3 N–H and O–H groups in total. The smallest absolute Gasteiger partial charge is 0.252 e. The second-order valence-electron chi connectivity index (χ2n) is 8.30. The van der Waals surface area contributed by atoms with Crippen LogP contribution >= 0.6 is 0 Å². The highest BCUT2D eigenvalue weighted by molar-refractivity contribution is 5.87. The van der Waals surface area contributed by atoms with Gasteiger partial charge in [-0.2, -0.15) is 0 Å². The summed E-state index contributed by atoms with van der Waals surface area (Å²) in [6.07, 6.45) is 1.39. The number of aromatic nitrogens is 2. The molecule has 150 valence electrons. The van der Waals surface area contributed by atoms with Crippen LogP contribution in [0, 0.1) is 23.7 Å². The monoisotopic (exact) mass is 377 g/mol. The molecule has 2 amide bonds. The van der Waals surface area contributed by atoms with Gasteiger partial charge in [0.1, 0.15) is 0 Å². The molecule has 1 aliphatic rings. The highest BCUT2D eigenvalue weighted by Gasteiger charge is 2.58. The van der Waals surface area contributed by atoms with E-state index in [4.69, 9.17) is 0 Å². The van der Waals surface area contributed by atoms with Crippen molar-refractivity contribution >= 4 is 17.8 Å². The summed E-state index contributed by atoms with van der Waals surface area (Å²) in [7, 11) is 3.51. The molecule has 2 atom stereocenters. The number of nitrogens with one attached hydrogen (secondary N) is 3. The quantitative estimate of drug-likeness (QED) is 0.645. The number of H-pyrrole nitrogens is 1. The molecule has 0 radical (unpaired) electrons. The van der Waals surface area contributed by atoms with E-state index in [2.05, 4.69) is 20.6 Å². The zero-order valence-electron chi connectivity index (χ0n) is 17.1. The fraction of sp³-hybridized carbons (Fsp3) is 0.684. The van der Waals surface area contributed by atoms with Crippen LogP contribution in [0.3, 0.4) is 0 Å². The van der Waals surface area contributed by atoms with Crippen molar-refractivity contribution in [1.29, 1.82) is 0 Å². The Balaban J connectivity index is 1.95. The first-order chi connectivity index (χ1) is 12.5. The van der Waals surface area contributed by atoms with Crippen LogP contribution in [-0.4, -0.2) is 53.9 Å².